The summed E-state index contributed by atoms with van der Waals surface area (Å²) in [6, 6.07) is 8.00. The fourth-order valence-electron chi connectivity index (χ4n) is 1.96. The van der Waals surface area contributed by atoms with Crippen molar-refractivity contribution in [3.8, 4) is 22.4 Å². The van der Waals surface area contributed by atoms with Gasteiger partial charge in [0.1, 0.15) is 11.5 Å². The summed E-state index contributed by atoms with van der Waals surface area (Å²) in [5.74, 6) is -0.135. The molecule has 3 rings (SSSR count). The molecule has 100 valence electrons. The van der Waals surface area contributed by atoms with E-state index in [-0.39, 0.29) is 11.7 Å². The van der Waals surface area contributed by atoms with Crippen molar-refractivity contribution in [1.82, 2.24) is 10.1 Å². The van der Waals surface area contributed by atoms with Crippen molar-refractivity contribution < 1.29 is 8.91 Å². The Labute approximate surface area is 122 Å². The molecule has 3 aromatic rings. The lowest BCUT2D eigenvalue weighted by Gasteiger charge is -2.04. The molecule has 4 nitrogen and oxygen atoms in total. The highest BCUT2D eigenvalue weighted by molar-refractivity contribution is 9.10. The molecule has 1 aromatic carbocycles. The number of rotatable bonds is 2. The van der Waals surface area contributed by atoms with E-state index in [1.807, 2.05) is 6.07 Å². The molecular formula is C14H9BrFN3O. The van der Waals surface area contributed by atoms with Gasteiger partial charge in [0.15, 0.2) is 0 Å². The van der Waals surface area contributed by atoms with Gasteiger partial charge in [0.05, 0.1) is 5.56 Å². The summed E-state index contributed by atoms with van der Waals surface area (Å²) < 4.78 is 18.8. The number of halogens is 2. The van der Waals surface area contributed by atoms with E-state index in [1.54, 1.807) is 24.5 Å². The fourth-order valence-corrected chi connectivity index (χ4v) is 2.50. The van der Waals surface area contributed by atoms with E-state index in [1.165, 1.54) is 12.1 Å². The van der Waals surface area contributed by atoms with Gasteiger partial charge in [-0.05, 0) is 40.2 Å². The molecule has 0 saturated carbocycles. The quantitative estimate of drug-likeness (QED) is 0.772. The average molecular weight is 334 g/mol. The fraction of sp³-hybridized carbons (Fsp3) is 0. The van der Waals surface area contributed by atoms with E-state index in [0.29, 0.717) is 21.3 Å². The highest BCUT2D eigenvalue weighted by Gasteiger charge is 2.19. The number of pyridine rings is 1. The van der Waals surface area contributed by atoms with Gasteiger partial charge < -0.3 is 10.3 Å². The monoisotopic (exact) mass is 333 g/mol. The van der Waals surface area contributed by atoms with Crippen molar-refractivity contribution in [3.05, 3.63) is 53.0 Å². The molecule has 2 heterocycles. The third-order valence-electron chi connectivity index (χ3n) is 2.85. The molecule has 2 N–H and O–H groups in total. The Morgan fingerprint density at radius 1 is 1.25 bits per heavy atom. The zero-order chi connectivity index (χ0) is 14.1. The van der Waals surface area contributed by atoms with Gasteiger partial charge >= 0.3 is 0 Å². The van der Waals surface area contributed by atoms with Crippen LogP contribution in [0.25, 0.3) is 22.4 Å². The summed E-state index contributed by atoms with van der Waals surface area (Å²) in [5, 5.41) is 3.97. The van der Waals surface area contributed by atoms with Crippen molar-refractivity contribution >= 4 is 21.8 Å². The number of nitrogen functional groups attached to an aromatic ring is 1. The molecule has 0 saturated heterocycles. The second-order valence-electron chi connectivity index (χ2n) is 4.14. The summed E-state index contributed by atoms with van der Waals surface area (Å²) >= 11 is 3.32. The smallest absolute Gasteiger partial charge is 0.230 e. The topological polar surface area (TPSA) is 64.9 Å². The van der Waals surface area contributed by atoms with Gasteiger partial charge in [-0.25, -0.2) is 4.39 Å². The van der Waals surface area contributed by atoms with Crippen LogP contribution < -0.4 is 5.73 Å². The van der Waals surface area contributed by atoms with Gasteiger partial charge in [0, 0.05) is 28.0 Å². The molecule has 0 unspecified atom stereocenters. The third-order valence-corrected chi connectivity index (χ3v) is 3.51. The molecule has 20 heavy (non-hydrogen) atoms. The van der Waals surface area contributed by atoms with Crippen molar-refractivity contribution in [1.29, 1.82) is 0 Å². The standard InChI is InChI=1S/C14H9BrFN3O/c15-11-6-9(16)3-4-10(11)13-12(14(17)20-19-13)8-2-1-5-18-7-8/h1-7H,17H2. The Balaban J connectivity index is 2.21. The maximum atomic E-state index is 13.2. The van der Waals surface area contributed by atoms with E-state index < -0.39 is 0 Å². The van der Waals surface area contributed by atoms with E-state index in [0.717, 1.165) is 5.56 Å². The molecule has 0 amide bonds. The first-order valence-corrected chi connectivity index (χ1v) is 6.57. The lowest BCUT2D eigenvalue weighted by molar-refractivity contribution is 0.439. The van der Waals surface area contributed by atoms with Crippen LogP contribution in [-0.4, -0.2) is 10.1 Å². The van der Waals surface area contributed by atoms with Crippen LogP contribution in [0.3, 0.4) is 0 Å². The Morgan fingerprint density at radius 2 is 2.10 bits per heavy atom. The maximum absolute atomic E-state index is 13.2. The molecule has 0 aliphatic rings. The van der Waals surface area contributed by atoms with E-state index in [2.05, 4.69) is 26.1 Å². The first-order valence-electron chi connectivity index (χ1n) is 5.78. The molecule has 0 fully saturated rings. The van der Waals surface area contributed by atoms with Crippen LogP contribution in [0.15, 0.2) is 51.7 Å². The van der Waals surface area contributed by atoms with Gasteiger partial charge in [-0.3, -0.25) is 4.98 Å². The van der Waals surface area contributed by atoms with Crippen molar-refractivity contribution in [2.75, 3.05) is 5.73 Å². The van der Waals surface area contributed by atoms with E-state index in [9.17, 15) is 4.39 Å². The first-order chi connectivity index (χ1) is 9.66. The summed E-state index contributed by atoms with van der Waals surface area (Å²) in [5.41, 5.74) is 8.52. The van der Waals surface area contributed by atoms with Gasteiger partial charge in [-0.1, -0.05) is 11.2 Å². The van der Waals surface area contributed by atoms with Crippen LogP contribution in [-0.2, 0) is 0 Å². The number of nitrogens with two attached hydrogens (primary N) is 1. The van der Waals surface area contributed by atoms with Gasteiger partial charge in [-0.15, -0.1) is 0 Å². The number of nitrogens with zero attached hydrogens (tertiary/aromatic N) is 2. The molecule has 0 spiro atoms. The Kier molecular flexibility index (Phi) is 3.23. The largest absolute Gasteiger partial charge is 0.367 e. The number of hydrogen-bond acceptors (Lipinski definition) is 4. The van der Waals surface area contributed by atoms with Crippen molar-refractivity contribution in [2.45, 2.75) is 0 Å². The zero-order valence-corrected chi connectivity index (χ0v) is 11.8. The third kappa shape index (κ3) is 2.18. The minimum Gasteiger partial charge on any atom is -0.367 e. The summed E-state index contributed by atoms with van der Waals surface area (Å²) in [7, 11) is 0. The Bertz CT molecular complexity index is 758. The SMILES string of the molecule is Nc1onc(-c2ccc(F)cc2Br)c1-c1cccnc1. The lowest BCUT2D eigenvalue weighted by atomic mass is 10.0. The minimum atomic E-state index is -0.333. The van der Waals surface area contributed by atoms with Crippen molar-refractivity contribution in [2.24, 2.45) is 0 Å². The second-order valence-corrected chi connectivity index (χ2v) is 4.99. The van der Waals surface area contributed by atoms with Gasteiger partial charge in [0.2, 0.25) is 5.88 Å². The molecule has 0 radical (unpaired) electrons. The van der Waals surface area contributed by atoms with Crippen LogP contribution >= 0.6 is 15.9 Å². The molecule has 0 bridgehead atoms. The second kappa shape index (κ2) is 5.05. The normalized spacial score (nSPS) is 10.7. The summed E-state index contributed by atoms with van der Waals surface area (Å²) in [4.78, 5) is 4.06. The van der Waals surface area contributed by atoms with E-state index >= 15 is 0 Å². The first kappa shape index (κ1) is 12.8. The van der Waals surface area contributed by atoms with Gasteiger partial charge in [0.25, 0.3) is 0 Å². The molecule has 2 aromatic heterocycles. The maximum Gasteiger partial charge on any atom is 0.230 e. The van der Waals surface area contributed by atoms with Crippen LogP contribution in [0.1, 0.15) is 0 Å². The highest BCUT2D eigenvalue weighted by Crippen LogP contribution is 2.38. The summed E-state index contributed by atoms with van der Waals surface area (Å²) in [6.07, 6.45) is 3.34. The van der Waals surface area contributed by atoms with Crippen molar-refractivity contribution in [3.63, 3.8) is 0 Å². The zero-order valence-electron chi connectivity index (χ0n) is 10.2. The lowest BCUT2D eigenvalue weighted by Crippen LogP contribution is -1.89. The molecular weight excluding hydrogens is 325 g/mol. The average Bonchev–Trinajstić information content (AvgIpc) is 2.81. The Hall–Kier alpha value is -2.21. The van der Waals surface area contributed by atoms with Crippen LogP contribution in [0.2, 0.25) is 0 Å². The summed E-state index contributed by atoms with van der Waals surface area (Å²) in [6.45, 7) is 0. The van der Waals surface area contributed by atoms with Crippen LogP contribution in [0.4, 0.5) is 10.3 Å². The van der Waals surface area contributed by atoms with Crippen LogP contribution in [0, 0.1) is 5.82 Å². The predicted octanol–water partition coefficient (Wildman–Crippen LogP) is 3.89. The number of hydrogen-bond donors (Lipinski definition) is 1. The molecule has 0 atom stereocenters. The predicted molar refractivity (Wildman–Crippen MR) is 77.2 cm³/mol. The van der Waals surface area contributed by atoms with Gasteiger partial charge in [-0.2, -0.15) is 0 Å². The highest BCUT2D eigenvalue weighted by atomic mass is 79.9. The Morgan fingerprint density at radius 3 is 2.80 bits per heavy atom. The van der Waals surface area contributed by atoms with Crippen LogP contribution in [0.5, 0.6) is 0 Å². The minimum absolute atomic E-state index is 0.198. The van der Waals surface area contributed by atoms with E-state index in [4.69, 9.17) is 10.3 Å². The number of anilines is 1. The number of aromatic nitrogens is 2. The number of benzene rings is 1. The molecule has 0 aliphatic heterocycles. The molecule has 0 aliphatic carbocycles. The molecule has 6 heteroatoms.